The maximum atomic E-state index is 11.3. The first-order valence-corrected chi connectivity index (χ1v) is 4.25. The van der Waals surface area contributed by atoms with Crippen molar-refractivity contribution in [1.82, 2.24) is 5.32 Å². The number of amides is 1. The van der Waals surface area contributed by atoms with Crippen LogP contribution in [0.1, 0.15) is 20.8 Å². The lowest BCUT2D eigenvalue weighted by atomic mass is 10.1. The highest BCUT2D eigenvalue weighted by Gasteiger charge is 2.20. The summed E-state index contributed by atoms with van der Waals surface area (Å²) in [6, 6.07) is 0. The van der Waals surface area contributed by atoms with Crippen LogP contribution in [0.2, 0.25) is 0 Å². The molecule has 1 N–H and O–H groups in total. The Bertz CT molecular complexity index is 278. The molecule has 0 bridgehead atoms. The minimum atomic E-state index is -0.236. The number of allylic oxidation sites excluding steroid dienone is 3. The van der Waals surface area contributed by atoms with E-state index in [0.717, 1.165) is 11.3 Å². The van der Waals surface area contributed by atoms with Gasteiger partial charge in [-0.15, -0.1) is 0 Å². The number of carbonyl (C=O) groups is 1. The molecule has 0 aromatic carbocycles. The predicted octanol–water partition coefficient (Wildman–Crippen LogP) is 2.17. The minimum Gasteiger partial charge on any atom is -0.330 e. The van der Waals surface area contributed by atoms with Crippen molar-refractivity contribution in [2.45, 2.75) is 20.8 Å². The van der Waals surface area contributed by atoms with Crippen molar-refractivity contribution < 1.29 is 4.79 Å². The van der Waals surface area contributed by atoms with Gasteiger partial charge in [-0.3, -0.25) is 4.79 Å². The smallest absolute Gasteiger partial charge is 0.232 e. The Labute approximate surface area is 77.3 Å². The van der Waals surface area contributed by atoms with Gasteiger partial charge in [0.15, 0.2) is 0 Å². The van der Waals surface area contributed by atoms with Crippen molar-refractivity contribution in [2.75, 3.05) is 0 Å². The summed E-state index contributed by atoms with van der Waals surface area (Å²) in [4.78, 5) is 11.3. The quantitative estimate of drug-likeness (QED) is 0.616. The molecule has 12 heavy (non-hydrogen) atoms. The lowest BCUT2D eigenvalue weighted by Gasteiger charge is -2.08. The average Bonchev–Trinajstić information content (AvgIpc) is 2.05. The first kappa shape index (κ1) is 9.33. The summed E-state index contributed by atoms with van der Waals surface area (Å²) in [7, 11) is 0. The van der Waals surface area contributed by atoms with Gasteiger partial charge in [0, 0.05) is 10.7 Å². The molecule has 1 atom stereocenters. The molecule has 0 aliphatic carbocycles. The molecule has 1 rings (SSSR count). The van der Waals surface area contributed by atoms with Gasteiger partial charge in [-0.05, 0) is 32.4 Å². The van der Waals surface area contributed by atoms with Crippen molar-refractivity contribution in [2.24, 2.45) is 5.92 Å². The Kier molecular flexibility index (Phi) is 2.58. The van der Waals surface area contributed by atoms with Gasteiger partial charge >= 0.3 is 0 Å². The van der Waals surface area contributed by atoms with Gasteiger partial charge in [0.2, 0.25) is 5.91 Å². The lowest BCUT2D eigenvalue weighted by Crippen LogP contribution is -2.26. The number of carbonyl (C=O) groups excluding carboxylic acids is 1. The molecular weight excluding hydrogens is 174 g/mol. The van der Waals surface area contributed by atoms with E-state index in [1.54, 1.807) is 6.92 Å². The van der Waals surface area contributed by atoms with Crippen molar-refractivity contribution in [3.05, 3.63) is 22.4 Å². The Balaban J connectivity index is 3.08. The summed E-state index contributed by atoms with van der Waals surface area (Å²) >= 11 is 5.96. The third-order valence-electron chi connectivity index (χ3n) is 1.90. The largest absolute Gasteiger partial charge is 0.330 e. The Morgan fingerprint density at radius 1 is 1.50 bits per heavy atom. The highest BCUT2D eigenvalue weighted by Crippen LogP contribution is 2.23. The summed E-state index contributed by atoms with van der Waals surface area (Å²) in [5.41, 5.74) is 1.81. The average molecular weight is 186 g/mol. The first-order valence-electron chi connectivity index (χ1n) is 3.88. The summed E-state index contributed by atoms with van der Waals surface area (Å²) in [5.74, 6) is -0.272. The Hall–Kier alpha value is -0.760. The predicted molar refractivity (Wildman–Crippen MR) is 49.6 cm³/mol. The molecule has 0 fully saturated rings. The Morgan fingerprint density at radius 3 is 2.67 bits per heavy atom. The fraction of sp³-hybridized carbons (Fsp3) is 0.444. The molecular formula is C9H12ClNO. The number of halogens is 1. The van der Waals surface area contributed by atoms with E-state index in [9.17, 15) is 4.79 Å². The highest BCUT2D eigenvalue weighted by atomic mass is 35.5. The number of nitrogens with one attached hydrogen (secondary N) is 1. The third kappa shape index (κ3) is 1.69. The summed E-state index contributed by atoms with van der Waals surface area (Å²) in [6.07, 6.45) is 1.88. The monoisotopic (exact) mass is 185 g/mol. The molecule has 0 aromatic heterocycles. The third-order valence-corrected chi connectivity index (χ3v) is 2.53. The van der Waals surface area contributed by atoms with Crippen LogP contribution < -0.4 is 5.32 Å². The molecule has 0 unspecified atom stereocenters. The topological polar surface area (TPSA) is 29.1 Å². The van der Waals surface area contributed by atoms with Crippen molar-refractivity contribution in [1.29, 1.82) is 0 Å². The van der Waals surface area contributed by atoms with Gasteiger partial charge in [-0.2, -0.15) is 0 Å². The molecule has 0 radical (unpaired) electrons. The van der Waals surface area contributed by atoms with Crippen LogP contribution >= 0.6 is 11.6 Å². The molecule has 1 aliphatic heterocycles. The van der Waals surface area contributed by atoms with Gasteiger partial charge in [0.1, 0.15) is 0 Å². The molecule has 0 spiro atoms. The second kappa shape index (κ2) is 3.31. The molecule has 0 aromatic rings. The maximum Gasteiger partial charge on any atom is 0.232 e. The van der Waals surface area contributed by atoms with Crippen molar-refractivity contribution in [3.8, 4) is 0 Å². The summed E-state index contributed by atoms with van der Waals surface area (Å²) in [6.45, 7) is 5.56. The van der Waals surface area contributed by atoms with E-state index in [-0.39, 0.29) is 11.8 Å². The molecule has 66 valence electrons. The zero-order valence-corrected chi connectivity index (χ0v) is 8.20. The molecule has 1 aliphatic rings. The fourth-order valence-electron chi connectivity index (χ4n) is 1.19. The molecule has 1 amide bonds. The van der Waals surface area contributed by atoms with Crippen LogP contribution in [-0.4, -0.2) is 5.91 Å². The van der Waals surface area contributed by atoms with Crippen LogP contribution in [0, 0.1) is 5.92 Å². The van der Waals surface area contributed by atoms with Gasteiger partial charge in [0.25, 0.3) is 0 Å². The molecule has 0 saturated heterocycles. The molecule has 1 heterocycles. The Morgan fingerprint density at radius 2 is 2.08 bits per heavy atom. The van der Waals surface area contributed by atoms with Gasteiger partial charge in [-0.1, -0.05) is 11.6 Å². The van der Waals surface area contributed by atoms with E-state index in [4.69, 9.17) is 11.6 Å². The number of rotatable bonds is 0. The van der Waals surface area contributed by atoms with E-state index in [1.807, 2.05) is 19.9 Å². The van der Waals surface area contributed by atoms with Gasteiger partial charge in [-0.25, -0.2) is 0 Å². The highest BCUT2D eigenvalue weighted by molar-refractivity contribution is 6.32. The fourth-order valence-corrected chi connectivity index (χ4v) is 1.34. The van der Waals surface area contributed by atoms with Crippen molar-refractivity contribution >= 4 is 17.5 Å². The minimum absolute atomic E-state index is 0.0365. The number of hydrogen-bond donors (Lipinski definition) is 1. The second-order valence-electron chi connectivity index (χ2n) is 3.07. The van der Waals surface area contributed by atoms with Crippen molar-refractivity contribution in [3.63, 3.8) is 0 Å². The van der Waals surface area contributed by atoms with Crippen LogP contribution in [0.15, 0.2) is 22.4 Å². The van der Waals surface area contributed by atoms with Crippen LogP contribution in [0.5, 0.6) is 0 Å². The van der Waals surface area contributed by atoms with Crippen LogP contribution in [0.25, 0.3) is 0 Å². The van der Waals surface area contributed by atoms with E-state index in [2.05, 4.69) is 5.32 Å². The second-order valence-corrected chi connectivity index (χ2v) is 3.48. The normalized spacial score (nSPS) is 24.8. The lowest BCUT2D eigenvalue weighted by molar-refractivity contribution is -0.122. The SMILES string of the molecule is CC1=CC(C)=C(Cl)[C@@H](C)C(=O)N1. The first-order chi connectivity index (χ1) is 5.52. The zero-order chi connectivity index (χ0) is 9.30. The zero-order valence-electron chi connectivity index (χ0n) is 7.44. The molecule has 0 saturated carbocycles. The van der Waals surface area contributed by atoms with Crippen LogP contribution in [0.4, 0.5) is 0 Å². The van der Waals surface area contributed by atoms with Crippen LogP contribution in [0.3, 0.4) is 0 Å². The number of hydrogen-bond acceptors (Lipinski definition) is 1. The van der Waals surface area contributed by atoms with E-state index < -0.39 is 0 Å². The van der Waals surface area contributed by atoms with E-state index in [0.29, 0.717) is 5.03 Å². The van der Waals surface area contributed by atoms with Gasteiger partial charge in [0.05, 0.1) is 5.92 Å². The molecule has 3 heteroatoms. The van der Waals surface area contributed by atoms with Crippen LogP contribution in [-0.2, 0) is 4.79 Å². The van der Waals surface area contributed by atoms with E-state index >= 15 is 0 Å². The summed E-state index contributed by atoms with van der Waals surface area (Å²) < 4.78 is 0. The molecule has 2 nitrogen and oxygen atoms in total. The van der Waals surface area contributed by atoms with E-state index in [1.165, 1.54) is 0 Å². The summed E-state index contributed by atoms with van der Waals surface area (Å²) in [5, 5.41) is 3.38. The van der Waals surface area contributed by atoms with Gasteiger partial charge < -0.3 is 5.32 Å². The maximum absolute atomic E-state index is 11.3. The standard InChI is InChI=1S/C9H12ClNO/c1-5-4-6(2)11-9(12)7(3)8(5)10/h4,7H,1-3H3,(H,11,12)/t7-/m1/s1.